The van der Waals surface area contributed by atoms with Crippen LogP contribution in [0.15, 0.2) is 60.8 Å². The number of hydrogen-bond donors (Lipinski definition) is 1. The molecular formula is C24H24FN5O. The number of nitrogens with zero attached hydrogens (tertiary/aromatic N) is 4. The Hall–Kier alpha value is -3.61. The Morgan fingerprint density at radius 3 is 2.55 bits per heavy atom. The highest BCUT2D eigenvalue weighted by atomic mass is 19.1. The Balaban J connectivity index is 1.69. The highest BCUT2D eigenvalue weighted by Gasteiger charge is 2.22. The van der Waals surface area contributed by atoms with Crippen molar-refractivity contribution in [3.8, 4) is 11.3 Å². The summed E-state index contributed by atoms with van der Waals surface area (Å²) in [6, 6.07) is 15.3. The molecule has 4 rings (SSSR count). The second-order valence-corrected chi connectivity index (χ2v) is 8.41. The largest absolute Gasteiger partial charge is 0.350 e. The molecule has 0 unspecified atom stereocenters. The number of benzene rings is 1. The van der Waals surface area contributed by atoms with Gasteiger partial charge in [0.25, 0.3) is 5.91 Å². The molecule has 0 saturated carbocycles. The first-order chi connectivity index (χ1) is 14.8. The topological polar surface area (TPSA) is 72.2 Å². The van der Waals surface area contributed by atoms with E-state index in [-0.39, 0.29) is 17.1 Å². The van der Waals surface area contributed by atoms with Crippen molar-refractivity contribution in [2.75, 3.05) is 6.54 Å². The van der Waals surface area contributed by atoms with Gasteiger partial charge in [-0.3, -0.25) is 9.78 Å². The van der Waals surface area contributed by atoms with Crippen LogP contribution in [-0.2, 0) is 11.8 Å². The SMILES string of the molecule is CC(C)(C)c1cc2nc(-c3ccc(F)cc3)cc(C(=O)NCCc3ccccn3)n2n1. The van der Waals surface area contributed by atoms with E-state index in [2.05, 4.69) is 41.2 Å². The molecule has 0 radical (unpaired) electrons. The van der Waals surface area contributed by atoms with Crippen LogP contribution in [0.2, 0.25) is 0 Å². The van der Waals surface area contributed by atoms with Crippen LogP contribution in [0.4, 0.5) is 4.39 Å². The third-order valence-corrected chi connectivity index (χ3v) is 4.96. The predicted octanol–water partition coefficient (Wildman–Crippen LogP) is 4.20. The Bertz CT molecular complexity index is 1210. The van der Waals surface area contributed by atoms with Crippen molar-refractivity contribution in [3.63, 3.8) is 0 Å². The van der Waals surface area contributed by atoms with Gasteiger partial charge in [0.15, 0.2) is 5.65 Å². The smallest absolute Gasteiger partial charge is 0.270 e. The summed E-state index contributed by atoms with van der Waals surface area (Å²) >= 11 is 0. The number of aromatic nitrogens is 4. The van der Waals surface area contributed by atoms with Crippen molar-refractivity contribution in [3.05, 3.63) is 83.7 Å². The van der Waals surface area contributed by atoms with E-state index in [1.165, 1.54) is 12.1 Å². The molecule has 3 aromatic heterocycles. The molecule has 0 aliphatic heterocycles. The van der Waals surface area contributed by atoms with E-state index in [1.54, 1.807) is 28.9 Å². The van der Waals surface area contributed by atoms with Gasteiger partial charge in [0.05, 0.1) is 11.4 Å². The van der Waals surface area contributed by atoms with E-state index in [9.17, 15) is 9.18 Å². The Kier molecular flexibility index (Phi) is 5.50. The molecule has 4 aromatic rings. The summed E-state index contributed by atoms with van der Waals surface area (Å²) in [5.41, 5.74) is 3.80. The average Bonchev–Trinajstić information content (AvgIpc) is 3.19. The van der Waals surface area contributed by atoms with Gasteiger partial charge in [-0.15, -0.1) is 0 Å². The molecular weight excluding hydrogens is 393 g/mol. The zero-order valence-electron chi connectivity index (χ0n) is 17.8. The molecule has 0 spiro atoms. The van der Waals surface area contributed by atoms with E-state index < -0.39 is 0 Å². The molecule has 7 heteroatoms. The van der Waals surface area contributed by atoms with Crippen LogP contribution in [0.25, 0.3) is 16.9 Å². The number of rotatable bonds is 5. The van der Waals surface area contributed by atoms with Crippen molar-refractivity contribution in [2.45, 2.75) is 32.6 Å². The summed E-state index contributed by atoms with van der Waals surface area (Å²) in [4.78, 5) is 22.0. The lowest BCUT2D eigenvalue weighted by molar-refractivity contribution is 0.0946. The Labute approximate surface area is 180 Å². The monoisotopic (exact) mass is 417 g/mol. The molecule has 0 bridgehead atoms. The van der Waals surface area contributed by atoms with Crippen LogP contribution in [0.3, 0.4) is 0 Å². The van der Waals surface area contributed by atoms with Crippen molar-refractivity contribution >= 4 is 11.6 Å². The summed E-state index contributed by atoms with van der Waals surface area (Å²) in [6.45, 7) is 6.62. The van der Waals surface area contributed by atoms with Gasteiger partial charge in [0.1, 0.15) is 11.5 Å². The number of halogens is 1. The number of fused-ring (bicyclic) bond motifs is 1. The first kappa shape index (κ1) is 20.7. The lowest BCUT2D eigenvalue weighted by Crippen LogP contribution is -2.28. The summed E-state index contributed by atoms with van der Waals surface area (Å²) in [5.74, 6) is -0.577. The fourth-order valence-electron chi connectivity index (χ4n) is 3.21. The van der Waals surface area contributed by atoms with Crippen LogP contribution >= 0.6 is 0 Å². The maximum atomic E-state index is 13.4. The highest BCUT2D eigenvalue weighted by Crippen LogP contribution is 2.25. The Morgan fingerprint density at radius 2 is 1.87 bits per heavy atom. The maximum Gasteiger partial charge on any atom is 0.270 e. The molecule has 1 aromatic carbocycles. The molecule has 31 heavy (non-hydrogen) atoms. The fourth-order valence-corrected chi connectivity index (χ4v) is 3.21. The van der Waals surface area contributed by atoms with Gasteiger partial charge in [-0.05, 0) is 42.5 Å². The third kappa shape index (κ3) is 4.60. The van der Waals surface area contributed by atoms with Crippen molar-refractivity contribution in [1.82, 2.24) is 24.9 Å². The highest BCUT2D eigenvalue weighted by molar-refractivity contribution is 5.94. The van der Waals surface area contributed by atoms with E-state index in [4.69, 9.17) is 0 Å². The number of amides is 1. The zero-order valence-corrected chi connectivity index (χ0v) is 17.8. The molecule has 1 amide bonds. The van der Waals surface area contributed by atoms with Gasteiger partial charge in [0.2, 0.25) is 0 Å². The minimum Gasteiger partial charge on any atom is -0.350 e. The van der Waals surface area contributed by atoms with Gasteiger partial charge in [-0.2, -0.15) is 5.10 Å². The first-order valence-electron chi connectivity index (χ1n) is 10.2. The second-order valence-electron chi connectivity index (χ2n) is 8.41. The van der Waals surface area contributed by atoms with Gasteiger partial charge < -0.3 is 5.32 Å². The normalized spacial score (nSPS) is 11.6. The van der Waals surface area contributed by atoms with E-state index in [0.717, 1.165) is 17.0 Å². The van der Waals surface area contributed by atoms with Crippen LogP contribution in [-0.4, -0.2) is 32.0 Å². The number of nitrogens with one attached hydrogen (secondary N) is 1. The van der Waals surface area contributed by atoms with E-state index in [1.807, 2.05) is 24.3 Å². The van der Waals surface area contributed by atoms with Gasteiger partial charge in [-0.1, -0.05) is 26.8 Å². The maximum absolute atomic E-state index is 13.4. The van der Waals surface area contributed by atoms with Crippen LogP contribution in [0.1, 0.15) is 42.6 Å². The zero-order chi connectivity index (χ0) is 22.0. The number of carbonyl (C=O) groups excluding carboxylic acids is 1. The number of hydrogen-bond acceptors (Lipinski definition) is 4. The van der Waals surface area contributed by atoms with Crippen molar-refractivity contribution in [1.29, 1.82) is 0 Å². The molecule has 0 saturated heterocycles. The molecule has 0 atom stereocenters. The summed E-state index contributed by atoms with van der Waals surface area (Å²) < 4.78 is 14.9. The fraction of sp³-hybridized carbons (Fsp3) is 0.250. The molecule has 3 heterocycles. The molecule has 1 N–H and O–H groups in total. The minimum absolute atomic E-state index is 0.198. The Morgan fingerprint density at radius 1 is 1.10 bits per heavy atom. The van der Waals surface area contributed by atoms with Crippen molar-refractivity contribution < 1.29 is 9.18 Å². The predicted molar refractivity (Wildman–Crippen MR) is 117 cm³/mol. The quantitative estimate of drug-likeness (QED) is 0.528. The number of carbonyl (C=O) groups is 1. The molecule has 0 aliphatic carbocycles. The van der Waals surface area contributed by atoms with Gasteiger partial charge in [-0.25, -0.2) is 13.9 Å². The van der Waals surface area contributed by atoms with Crippen molar-refractivity contribution in [2.24, 2.45) is 0 Å². The summed E-state index contributed by atoms with van der Waals surface area (Å²) in [6.07, 6.45) is 2.36. The third-order valence-electron chi connectivity index (χ3n) is 4.96. The standard InChI is InChI=1S/C24H24FN5O/c1-24(2,3)21-15-22-28-19(16-7-9-17(25)10-8-16)14-20(30(22)29-21)23(31)27-13-11-18-6-4-5-12-26-18/h4-10,12,14-15H,11,13H2,1-3H3,(H,27,31). The lowest BCUT2D eigenvalue weighted by atomic mass is 9.93. The van der Waals surface area contributed by atoms with E-state index >= 15 is 0 Å². The minimum atomic E-state index is -0.323. The summed E-state index contributed by atoms with van der Waals surface area (Å²) in [5, 5.41) is 7.59. The van der Waals surface area contributed by atoms with Crippen LogP contribution < -0.4 is 5.32 Å². The molecule has 0 fully saturated rings. The lowest BCUT2D eigenvalue weighted by Gasteiger charge is -2.13. The molecule has 6 nitrogen and oxygen atoms in total. The van der Waals surface area contributed by atoms with E-state index in [0.29, 0.717) is 30.0 Å². The van der Waals surface area contributed by atoms with Crippen LogP contribution in [0.5, 0.6) is 0 Å². The van der Waals surface area contributed by atoms with Gasteiger partial charge >= 0.3 is 0 Å². The van der Waals surface area contributed by atoms with Crippen LogP contribution in [0, 0.1) is 5.82 Å². The average molecular weight is 417 g/mol. The summed E-state index contributed by atoms with van der Waals surface area (Å²) in [7, 11) is 0. The molecule has 158 valence electrons. The first-order valence-corrected chi connectivity index (χ1v) is 10.2. The van der Waals surface area contributed by atoms with Gasteiger partial charge in [0, 0.05) is 41.9 Å². The second kappa shape index (κ2) is 8.26. The molecule has 0 aliphatic rings. The number of pyridine rings is 1.